The molecule has 4 aromatic rings. The number of phenols is 1. The summed E-state index contributed by atoms with van der Waals surface area (Å²) in [6.45, 7) is 0. The molecule has 0 aromatic heterocycles. The Morgan fingerprint density at radius 1 is 0.800 bits per heavy atom. The Bertz CT molecular complexity index is 2140. The molecule has 0 radical (unpaired) electrons. The fourth-order valence-corrected chi connectivity index (χ4v) is 9.67. The van der Waals surface area contributed by atoms with Gasteiger partial charge in [-0.3, -0.25) is 24.1 Å². The number of benzene rings is 4. The Kier molecular flexibility index (Phi) is 7.93. The van der Waals surface area contributed by atoms with E-state index in [-0.39, 0.29) is 36.2 Å². The van der Waals surface area contributed by atoms with Crippen molar-refractivity contribution in [2.24, 2.45) is 23.7 Å². The van der Waals surface area contributed by atoms with Crippen LogP contribution in [0.15, 0.2) is 107 Å². The lowest BCUT2D eigenvalue weighted by Gasteiger charge is -2.50. The number of carbonyl (C=O) groups is 4. The SMILES string of the molecule is COc1cc(Br)cc(C2C3=CCC4C(=O)N(c5ccc(Cl)cc5)C(=O)C4C3CC3C(=O)N(c4cccc(Cl)c4)C(=O)C32c2ccccc2)c1O. The van der Waals surface area contributed by atoms with Gasteiger partial charge in [0, 0.05) is 26.0 Å². The summed E-state index contributed by atoms with van der Waals surface area (Å²) in [5.74, 6) is -5.58. The van der Waals surface area contributed by atoms with Crippen LogP contribution in [0.25, 0.3) is 0 Å². The molecule has 6 atom stereocenters. The number of hydrogen-bond donors (Lipinski definition) is 1. The van der Waals surface area contributed by atoms with Crippen molar-refractivity contribution in [1.29, 1.82) is 0 Å². The Labute approximate surface area is 306 Å². The van der Waals surface area contributed by atoms with Crippen LogP contribution >= 0.6 is 39.1 Å². The van der Waals surface area contributed by atoms with Crippen molar-refractivity contribution < 1.29 is 29.0 Å². The van der Waals surface area contributed by atoms with Crippen LogP contribution < -0.4 is 14.5 Å². The lowest BCUT2D eigenvalue weighted by molar-refractivity contribution is -0.127. The van der Waals surface area contributed by atoms with Crippen LogP contribution in [0.4, 0.5) is 11.4 Å². The monoisotopic (exact) mass is 770 g/mol. The number of amides is 4. The predicted molar refractivity (Wildman–Crippen MR) is 192 cm³/mol. The minimum atomic E-state index is -1.54. The van der Waals surface area contributed by atoms with E-state index in [1.54, 1.807) is 60.7 Å². The highest BCUT2D eigenvalue weighted by Gasteiger charge is 2.70. The van der Waals surface area contributed by atoms with Crippen LogP contribution in [0.2, 0.25) is 10.0 Å². The zero-order valence-corrected chi connectivity index (χ0v) is 29.7. The number of imide groups is 2. The highest BCUT2D eigenvalue weighted by Crippen LogP contribution is 2.66. The lowest BCUT2D eigenvalue weighted by atomic mass is 9.49. The third kappa shape index (κ3) is 4.63. The van der Waals surface area contributed by atoms with Gasteiger partial charge >= 0.3 is 0 Å². The van der Waals surface area contributed by atoms with Gasteiger partial charge in [0.1, 0.15) is 0 Å². The quantitative estimate of drug-likeness (QED) is 0.164. The second-order valence-electron chi connectivity index (χ2n) is 13.1. The largest absolute Gasteiger partial charge is 0.504 e. The molecule has 252 valence electrons. The van der Waals surface area contributed by atoms with Crippen molar-refractivity contribution in [3.8, 4) is 11.5 Å². The predicted octanol–water partition coefficient (Wildman–Crippen LogP) is 7.84. The third-order valence-electron chi connectivity index (χ3n) is 10.9. The number of carbonyl (C=O) groups excluding carboxylic acids is 4. The Morgan fingerprint density at radius 2 is 1.54 bits per heavy atom. The summed E-state index contributed by atoms with van der Waals surface area (Å²) in [6, 6.07) is 25.6. The highest BCUT2D eigenvalue weighted by atomic mass is 79.9. The van der Waals surface area contributed by atoms with Crippen LogP contribution in [0.1, 0.15) is 29.9 Å². The van der Waals surface area contributed by atoms with Gasteiger partial charge in [0.05, 0.1) is 41.7 Å². The number of rotatable bonds is 5. The summed E-state index contributed by atoms with van der Waals surface area (Å²) in [5.41, 5.74) is 0.868. The first-order valence-electron chi connectivity index (χ1n) is 16.2. The molecule has 2 aliphatic carbocycles. The smallest absolute Gasteiger partial charge is 0.246 e. The second-order valence-corrected chi connectivity index (χ2v) is 14.9. The molecule has 4 aromatic carbocycles. The maximum Gasteiger partial charge on any atom is 0.246 e. The number of allylic oxidation sites excluding steroid dienone is 2. The number of ether oxygens (including phenoxy) is 1. The summed E-state index contributed by atoms with van der Waals surface area (Å²) < 4.78 is 6.16. The molecule has 2 aliphatic heterocycles. The van der Waals surface area contributed by atoms with Crippen LogP contribution in [-0.4, -0.2) is 35.8 Å². The maximum absolute atomic E-state index is 15.4. The van der Waals surface area contributed by atoms with E-state index in [2.05, 4.69) is 15.9 Å². The summed E-state index contributed by atoms with van der Waals surface area (Å²) in [5, 5.41) is 12.7. The molecule has 8 nitrogen and oxygen atoms in total. The van der Waals surface area contributed by atoms with E-state index >= 15 is 4.79 Å². The van der Waals surface area contributed by atoms with E-state index in [9.17, 15) is 19.5 Å². The summed E-state index contributed by atoms with van der Waals surface area (Å²) >= 11 is 16.1. The molecule has 50 heavy (non-hydrogen) atoms. The minimum Gasteiger partial charge on any atom is -0.504 e. The first kappa shape index (κ1) is 32.7. The van der Waals surface area contributed by atoms with Crippen LogP contribution in [-0.2, 0) is 24.6 Å². The number of hydrogen-bond acceptors (Lipinski definition) is 6. The molecule has 1 N–H and O–H groups in total. The number of fused-ring (bicyclic) bond motifs is 4. The van der Waals surface area contributed by atoms with E-state index in [1.807, 2.05) is 36.4 Å². The van der Waals surface area contributed by atoms with Crippen molar-refractivity contribution in [1.82, 2.24) is 0 Å². The van der Waals surface area contributed by atoms with Gasteiger partial charge in [0.2, 0.25) is 23.6 Å². The summed E-state index contributed by atoms with van der Waals surface area (Å²) in [6.07, 6.45) is 2.31. The van der Waals surface area contributed by atoms with Crippen molar-refractivity contribution in [3.63, 3.8) is 0 Å². The van der Waals surface area contributed by atoms with E-state index in [0.717, 1.165) is 5.57 Å². The fraction of sp³-hybridized carbons (Fsp3) is 0.231. The van der Waals surface area contributed by atoms with Gasteiger partial charge in [-0.1, -0.05) is 87.2 Å². The highest BCUT2D eigenvalue weighted by molar-refractivity contribution is 9.10. The minimum absolute atomic E-state index is 0.124. The first-order chi connectivity index (χ1) is 24.1. The summed E-state index contributed by atoms with van der Waals surface area (Å²) in [4.78, 5) is 61.1. The van der Waals surface area contributed by atoms with Crippen LogP contribution in [0.5, 0.6) is 11.5 Å². The van der Waals surface area contributed by atoms with Gasteiger partial charge in [0.25, 0.3) is 0 Å². The Hall–Kier alpha value is -4.44. The van der Waals surface area contributed by atoms with E-state index in [4.69, 9.17) is 27.9 Å². The number of halogens is 3. The second kappa shape index (κ2) is 12.1. The zero-order chi connectivity index (χ0) is 35.1. The molecule has 3 fully saturated rings. The number of aromatic hydroxyl groups is 1. The first-order valence-corrected chi connectivity index (χ1v) is 17.7. The number of anilines is 2. The third-order valence-corrected chi connectivity index (χ3v) is 11.8. The number of nitrogens with zero attached hydrogens (tertiary/aromatic N) is 2. The van der Waals surface area contributed by atoms with Gasteiger partial charge in [0.15, 0.2) is 11.5 Å². The molecule has 0 bridgehead atoms. The average Bonchev–Trinajstić information content (AvgIpc) is 3.50. The van der Waals surface area contributed by atoms with E-state index in [1.165, 1.54) is 16.9 Å². The standard InChI is InChI=1S/C39H29BrCl2N2O6/c1-50-31-17-21(40)16-29(34(31)45)33-26-14-15-27-32(37(48)43(35(27)46)24-12-10-22(41)11-13-24)28(26)19-30-36(47)44(25-9-5-8-23(42)18-25)38(49)39(30,33)20-6-3-2-4-7-20/h2-14,16-18,27-28,30,32-33,45H,15,19H2,1H3. The molecule has 11 heteroatoms. The van der Waals surface area contributed by atoms with Crippen molar-refractivity contribution in [3.05, 3.63) is 128 Å². The molecule has 2 heterocycles. The fourth-order valence-electron chi connectivity index (χ4n) is 8.90. The van der Waals surface area contributed by atoms with Gasteiger partial charge in [-0.15, -0.1) is 0 Å². The molecule has 4 amide bonds. The molecule has 8 rings (SSSR count). The van der Waals surface area contributed by atoms with Gasteiger partial charge in [-0.2, -0.15) is 0 Å². The Morgan fingerprint density at radius 3 is 2.24 bits per heavy atom. The lowest BCUT2D eigenvalue weighted by Crippen LogP contribution is -2.53. The average molecular weight is 772 g/mol. The molecular formula is C39H29BrCl2N2O6. The zero-order valence-electron chi connectivity index (χ0n) is 26.6. The van der Waals surface area contributed by atoms with Crippen molar-refractivity contribution in [2.45, 2.75) is 24.2 Å². The number of phenolic OH excluding ortho intramolecular Hbond substituents is 1. The van der Waals surface area contributed by atoms with Crippen molar-refractivity contribution in [2.75, 3.05) is 16.9 Å². The van der Waals surface area contributed by atoms with Crippen LogP contribution in [0, 0.1) is 23.7 Å². The topological polar surface area (TPSA) is 104 Å². The van der Waals surface area contributed by atoms with E-state index in [0.29, 0.717) is 37.0 Å². The number of methoxy groups -OCH3 is 1. The van der Waals surface area contributed by atoms with Crippen LogP contribution in [0.3, 0.4) is 0 Å². The molecule has 1 saturated carbocycles. The maximum atomic E-state index is 15.4. The van der Waals surface area contributed by atoms with E-state index < -0.39 is 46.8 Å². The molecule has 4 aliphatic rings. The van der Waals surface area contributed by atoms with Crippen molar-refractivity contribution >= 4 is 74.1 Å². The van der Waals surface area contributed by atoms with Gasteiger partial charge in [-0.25, -0.2) is 4.90 Å². The van der Waals surface area contributed by atoms with Gasteiger partial charge in [-0.05, 0) is 78.9 Å². The van der Waals surface area contributed by atoms with Gasteiger partial charge < -0.3 is 9.84 Å². The Balaban J connectivity index is 1.38. The molecule has 2 saturated heterocycles. The summed E-state index contributed by atoms with van der Waals surface area (Å²) in [7, 11) is 1.44. The molecule has 0 spiro atoms. The normalized spacial score (nSPS) is 27.2. The molecular weight excluding hydrogens is 743 g/mol. The molecule has 6 unspecified atom stereocenters.